The minimum atomic E-state index is 0.865. The Bertz CT molecular complexity index is 494. The highest BCUT2D eigenvalue weighted by atomic mass is 15.1. The van der Waals surface area contributed by atoms with Crippen molar-refractivity contribution in [2.24, 2.45) is 0 Å². The van der Waals surface area contributed by atoms with Crippen LogP contribution in [0, 0.1) is 0 Å². The maximum absolute atomic E-state index is 6.08. The van der Waals surface area contributed by atoms with Crippen LogP contribution in [0.1, 0.15) is 18.9 Å². The van der Waals surface area contributed by atoms with Crippen molar-refractivity contribution in [1.82, 2.24) is 0 Å². The number of para-hydroxylation sites is 2. The van der Waals surface area contributed by atoms with Crippen molar-refractivity contribution < 1.29 is 0 Å². The van der Waals surface area contributed by atoms with E-state index in [1.807, 2.05) is 12.1 Å². The van der Waals surface area contributed by atoms with Gasteiger partial charge in [0.05, 0.1) is 11.4 Å². The van der Waals surface area contributed by atoms with Crippen LogP contribution >= 0.6 is 0 Å². The first-order valence-corrected chi connectivity index (χ1v) is 6.94. The van der Waals surface area contributed by atoms with Crippen molar-refractivity contribution in [3.05, 3.63) is 60.2 Å². The molecule has 2 heteroatoms. The first kappa shape index (κ1) is 13.5. The van der Waals surface area contributed by atoms with Gasteiger partial charge in [0.25, 0.3) is 0 Å². The van der Waals surface area contributed by atoms with Crippen LogP contribution in [0.15, 0.2) is 54.6 Å². The zero-order valence-corrected chi connectivity index (χ0v) is 11.5. The Morgan fingerprint density at radius 2 is 1.58 bits per heavy atom. The summed E-state index contributed by atoms with van der Waals surface area (Å²) in [5.41, 5.74) is 9.47. The molecule has 19 heavy (non-hydrogen) atoms. The van der Waals surface area contributed by atoms with Crippen LogP contribution in [0.4, 0.5) is 11.4 Å². The Morgan fingerprint density at radius 3 is 2.26 bits per heavy atom. The fourth-order valence-electron chi connectivity index (χ4n) is 2.31. The third-order valence-electron chi connectivity index (χ3n) is 3.28. The molecule has 0 bridgehead atoms. The molecule has 0 radical (unpaired) electrons. The maximum atomic E-state index is 6.08. The number of nitrogen functional groups attached to an aromatic ring is 1. The first-order valence-electron chi connectivity index (χ1n) is 6.94. The molecule has 2 nitrogen and oxygen atoms in total. The molecule has 0 aliphatic carbocycles. The van der Waals surface area contributed by atoms with E-state index in [9.17, 15) is 0 Å². The number of nitrogens with zero attached hydrogens (tertiary/aromatic N) is 1. The van der Waals surface area contributed by atoms with Crippen molar-refractivity contribution in [2.45, 2.75) is 19.8 Å². The topological polar surface area (TPSA) is 29.3 Å². The summed E-state index contributed by atoms with van der Waals surface area (Å²) in [6, 6.07) is 18.7. The quantitative estimate of drug-likeness (QED) is 0.796. The predicted octanol–water partition coefficient (Wildman–Crippen LogP) is 3.73. The summed E-state index contributed by atoms with van der Waals surface area (Å²) in [5.74, 6) is 0. The minimum Gasteiger partial charge on any atom is -0.397 e. The molecule has 0 aliphatic heterocycles. The average molecular weight is 254 g/mol. The highest BCUT2D eigenvalue weighted by Crippen LogP contribution is 2.22. The van der Waals surface area contributed by atoms with Crippen LogP contribution in [-0.2, 0) is 6.42 Å². The van der Waals surface area contributed by atoms with Gasteiger partial charge in [-0.25, -0.2) is 0 Å². The summed E-state index contributed by atoms with van der Waals surface area (Å²) < 4.78 is 0. The van der Waals surface area contributed by atoms with Crippen LogP contribution in [0.25, 0.3) is 0 Å². The van der Waals surface area contributed by atoms with E-state index in [4.69, 9.17) is 5.73 Å². The summed E-state index contributed by atoms with van der Waals surface area (Å²) in [6.07, 6.45) is 2.18. The van der Waals surface area contributed by atoms with E-state index in [1.54, 1.807) is 0 Å². The lowest BCUT2D eigenvalue weighted by atomic mass is 10.1. The Kier molecular flexibility index (Phi) is 4.85. The number of rotatable bonds is 6. The van der Waals surface area contributed by atoms with E-state index in [0.717, 1.165) is 37.3 Å². The lowest BCUT2D eigenvalue weighted by molar-refractivity contribution is 0.757. The largest absolute Gasteiger partial charge is 0.397 e. The second kappa shape index (κ2) is 6.83. The fourth-order valence-corrected chi connectivity index (χ4v) is 2.31. The molecule has 100 valence electrons. The maximum Gasteiger partial charge on any atom is 0.0600 e. The highest BCUT2D eigenvalue weighted by molar-refractivity contribution is 5.67. The standard InChI is InChI=1S/C17H22N2/c1-2-13-19(17-11-7-6-10-16(17)18)14-12-15-8-4-3-5-9-15/h3-11H,2,12-14,18H2,1H3. The molecule has 2 rings (SSSR count). The van der Waals surface area contributed by atoms with Gasteiger partial charge in [-0.2, -0.15) is 0 Å². The Balaban J connectivity index is 2.07. The van der Waals surface area contributed by atoms with Crippen molar-refractivity contribution in [1.29, 1.82) is 0 Å². The average Bonchev–Trinajstić information content (AvgIpc) is 2.45. The van der Waals surface area contributed by atoms with E-state index < -0.39 is 0 Å². The molecule has 0 aromatic heterocycles. The molecule has 0 spiro atoms. The van der Waals surface area contributed by atoms with Crippen LogP contribution in [0.2, 0.25) is 0 Å². The molecular formula is C17H22N2. The van der Waals surface area contributed by atoms with Crippen molar-refractivity contribution in [3.63, 3.8) is 0 Å². The molecule has 0 atom stereocenters. The van der Waals surface area contributed by atoms with Gasteiger partial charge in [-0.05, 0) is 30.5 Å². The Hall–Kier alpha value is -1.96. The minimum absolute atomic E-state index is 0.865. The third-order valence-corrected chi connectivity index (χ3v) is 3.28. The van der Waals surface area contributed by atoms with Gasteiger partial charge in [0, 0.05) is 13.1 Å². The molecular weight excluding hydrogens is 232 g/mol. The van der Waals surface area contributed by atoms with E-state index >= 15 is 0 Å². The third kappa shape index (κ3) is 3.75. The van der Waals surface area contributed by atoms with Gasteiger partial charge < -0.3 is 10.6 Å². The number of nitrogens with two attached hydrogens (primary N) is 1. The normalized spacial score (nSPS) is 10.4. The Labute approximate surface area is 115 Å². The summed E-state index contributed by atoms with van der Waals surface area (Å²) in [5, 5.41) is 0. The summed E-state index contributed by atoms with van der Waals surface area (Å²) in [4.78, 5) is 2.38. The zero-order valence-electron chi connectivity index (χ0n) is 11.5. The SMILES string of the molecule is CCCN(CCc1ccccc1)c1ccccc1N. The smallest absolute Gasteiger partial charge is 0.0600 e. The van der Waals surface area contributed by atoms with Gasteiger partial charge >= 0.3 is 0 Å². The molecule has 0 aliphatic rings. The molecule has 0 saturated carbocycles. The van der Waals surface area contributed by atoms with Crippen molar-refractivity contribution in [3.8, 4) is 0 Å². The molecule has 0 amide bonds. The summed E-state index contributed by atoms with van der Waals surface area (Å²) in [6.45, 7) is 4.25. The van der Waals surface area contributed by atoms with Gasteiger partial charge in [-0.15, -0.1) is 0 Å². The van der Waals surface area contributed by atoms with E-state index in [-0.39, 0.29) is 0 Å². The second-order valence-electron chi connectivity index (χ2n) is 4.78. The molecule has 2 aromatic carbocycles. The number of anilines is 2. The number of benzene rings is 2. The lowest BCUT2D eigenvalue weighted by Gasteiger charge is -2.25. The van der Waals surface area contributed by atoms with Crippen LogP contribution in [0.5, 0.6) is 0 Å². The number of hydrogen-bond acceptors (Lipinski definition) is 2. The predicted molar refractivity (Wildman–Crippen MR) is 83.5 cm³/mol. The van der Waals surface area contributed by atoms with Crippen LogP contribution in [-0.4, -0.2) is 13.1 Å². The molecule has 2 N–H and O–H groups in total. The van der Waals surface area contributed by atoms with Gasteiger partial charge in [-0.3, -0.25) is 0 Å². The first-order chi connectivity index (χ1) is 9.31. The monoisotopic (exact) mass is 254 g/mol. The van der Waals surface area contributed by atoms with Crippen molar-refractivity contribution in [2.75, 3.05) is 23.7 Å². The van der Waals surface area contributed by atoms with Gasteiger partial charge in [0.15, 0.2) is 0 Å². The van der Waals surface area contributed by atoms with Gasteiger partial charge in [0.1, 0.15) is 0 Å². The van der Waals surface area contributed by atoms with Crippen molar-refractivity contribution >= 4 is 11.4 Å². The summed E-state index contributed by atoms with van der Waals surface area (Å²) >= 11 is 0. The van der Waals surface area contributed by atoms with E-state index in [1.165, 1.54) is 5.56 Å². The fraction of sp³-hybridized carbons (Fsp3) is 0.294. The molecule has 0 fully saturated rings. The number of hydrogen-bond donors (Lipinski definition) is 1. The van der Waals surface area contributed by atoms with Crippen LogP contribution < -0.4 is 10.6 Å². The second-order valence-corrected chi connectivity index (χ2v) is 4.78. The molecule has 0 heterocycles. The lowest BCUT2D eigenvalue weighted by Crippen LogP contribution is -2.27. The van der Waals surface area contributed by atoms with Crippen LogP contribution in [0.3, 0.4) is 0 Å². The van der Waals surface area contributed by atoms with E-state index in [2.05, 4.69) is 54.3 Å². The van der Waals surface area contributed by atoms with Gasteiger partial charge in [0.2, 0.25) is 0 Å². The molecule has 2 aromatic rings. The zero-order chi connectivity index (χ0) is 13.5. The van der Waals surface area contributed by atoms with Gasteiger partial charge in [-0.1, -0.05) is 49.4 Å². The molecule has 0 unspecified atom stereocenters. The van der Waals surface area contributed by atoms with E-state index in [0.29, 0.717) is 0 Å². The Morgan fingerprint density at radius 1 is 0.895 bits per heavy atom. The molecule has 0 saturated heterocycles. The highest BCUT2D eigenvalue weighted by Gasteiger charge is 2.08. The summed E-state index contributed by atoms with van der Waals surface area (Å²) in [7, 11) is 0.